The lowest BCUT2D eigenvalue weighted by molar-refractivity contribution is 0.509. The molecule has 2 heterocycles. The molecule has 1 aromatic carbocycles. The van der Waals surface area contributed by atoms with Crippen molar-refractivity contribution in [1.82, 2.24) is 9.13 Å². The van der Waals surface area contributed by atoms with Gasteiger partial charge in [0.25, 0.3) is 5.56 Å². The highest BCUT2D eigenvalue weighted by atomic mass is 19.2. The fourth-order valence-electron chi connectivity index (χ4n) is 2.65. The summed E-state index contributed by atoms with van der Waals surface area (Å²) in [6.45, 7) is 2.14. The van der Waals surface area contributed by atoms with Gasteiger partial charge < -0.3 is 10.2 Å². The highest BCUT2D eigenvalue weighted by Crippen LogP contribution is 2.41. The second kappa shape index (κ2) is 4.69. The first-order valence-corrected chi connectivity index (χ1v) is 6.70. The van der Waals surface area contributed by atoms with Crippen LogP contribution in [0, 0.1) is 11.6 Å². The lowest BCUT2D eigenvalue weighted by atomic mass is 10.1. The monoisotopic (exact) mass is 308 g/mol. The Hall–Kier alpha value is -2.64. The number of aromatic nitrogens is 2. The maximum Gasteiger partial charge on any atom is 0.332 e. The molecule has 116 valence electrons. The highest BCUT2D eigenvalue weighted by molar-refractivity contribution is 5.89. The Morgan fingerprint density at radius 2 is 1.73 bits per heavy atom. The molecule has 0 saturated carbocycles. The van der Waals surface area contributed by atoms with Crippen LogP contribution in [0.3, 0.4) is 0 Å². The Kier molecular flexibility index (Phi) is 3.05. The Labute approximate surface area is 124 Å². The van der Waals surface area contributed by atoms with E-state index in [1.54, 1.807) is 11.8 Å². The summed E-state index contributed by atoms with van der Waals surface area (Å²) in [5, 5.41) is 2.85. The van der Waals surface area contributed by atoms with Crippen molar-refractivity contribution < 1.29 is 8.78 Å². The van der Waals surface area contributed by atoms with E-state index in [-0.39, 0.29) is 11.5 Å². The molecule has 22 heavy (non-hydrogen) atoms. The number of hydrogen-bond donors (Lipinski definition) is 1. The van der Waals surface area contributed by atoms with E-state index in [1.165, 1.54) is 18.7 Å². The quantitative estimate of drug-likeness (QED) is 0.869. The van der Waals surface area contributed by atoms with Gasteiger partial charge in [-0.2, -0.15) is 0 Å². The number of nitrogens with one attached hydrogen (secondary N) is 1. The van der Waals surface area contributed by atoms with Crippen molar-refractivity contribution in [3.63, 3.8) is 0 Å². The molecule has 1 aliphatic rings. The van der Waals surface area contributed by atoms with Gasteiger partial charge >= 0.3 is 5.69 Å². The van der Waals surface area contributed by atoms with Crippen LogP contribution in [0.4, 0.5) is 31.7 Å². The molecule has 8 heteroatoms. The number of nitrogens with zero attached hydrogens (tertiary/aromatic N) is 3. The van der Waals surface area contributed by atoms with Crippen LogP contribution in [0.25, 0.3) is 0 Å². The summed E-state index contributed by atoms with van der Waals surface area (Å²) in [6, 6.07) is 2.05. The molecule has 0 aliphatic carbocycles. The minimum absolute atomic E-state index is 0.227. The lowest BCUT2D eigenvalue weighted by Crippen LogP contribution is -2.42. The van der Waals surface area contributed by atoms with Gasteiger partial charge in [-0.3, -0.25) is 13.9 Å². The van der Waals surface area contributed by atoms with E-state index in [0.717, 1.165) is 16.7 Å². The van der Waals surface area contributed by atoms with Crippen LogP contribution < -0.4 is 21.5 Å². The first-order chi connectivity index (χ1) is 10.4. The van der Waals surface area contributed by atoms with Crippen LogP contribution in [-0.2, 0) is 14.1 Å². The van der Waals surface area contributed by atoms with E-state index in [0.29, 0.717) is 17.9 Å². The molecule has 0 saturated heterocycles. The molecule has 0 radical (unpaired) electrons. The van der Waals surface area contributed by atoms with Gasteiger partial charge in [-0.15, -0.1) is 0 Å². The number of hydrogen-bond acceptors (Lipinski definition) is 4. The van der Waals surface area contributed by atoms with E-state index in [1.807, 2.05) is 0 Å². The smallest absolute Gasteiger partial charge is 0.332 e. The number of halogens is 2. The number of fused-ring (bicyclic) bond motifs is 2. The third kappa shape index (κ3) is 1.76. The van der Waals surface area contributed by atoms with Crippen LogP contribution >= 0.6 is 0 Å². The van der Waals surface area contributed by atoms with E-state index in [2.05, 4.69) is 5.32 Å². The summed E-state index contributed by atoms with van der Waals surface area (Å²) in [7, 11) is 2.88. The van der Waals surface area contributed by atoms with E-state index >= 15 is 0 Å². The van der Waals surface area contributed by atoms with Crippen LogP contribution in [0.15, 0.2) is 21.7 Å². The Morgan fingerprint density at radius 3 is 2.36 bits per heavy atom. The topological polar surface area (TPSA) is 59.3 Å². The largest absolute Gasteiger partial charge is 0.338 e. The second-order valence-electron chi connectivity index (χ2n) is 5.06. The highest BCUT2D eigenvalue weighted by Gasteiger charge is 2.29. The van der Waals surface area contributed by atoms with Crippen LogP contribution in [0.5, 0.6) is 0 Å². The lowest BCUT2D eigenvalue weighted by Gasteiger charge is -2.33. The van der Waals surface area contributed by atoms with Gasteiger partial charge in [0.05, 0.1) is 11.4 Å². The maximum atomic E-state index is 13.5. The van der Waals surface area contributed by atoms with Gasteiger partial charge in [0, 0.05) is 32.8 Å². The summed E-state index contributed by atoms with van der Waals surface area (Å²) < 4.78 is 29.3. The maximum absolute atomic E-state index is 13.5. The standard InChI is InChI=1S/C14H14F2N4O2/c1-4-20-10-6-8(16)7(15)5-9(10)17-12-11(20)13(21)19(3)14(22)18(12)2/h5-6,17H,4H2,1-3H3. The van der Waals surface area contributed by atoms with Gasteiger partial charge in [-0.1, -0.05) is 0 Å². The van der Waals surface area contributed by atoms with E-state index in [4.69, 9.17) is 0 Å². The summed E-state index contributed by atoms with van der Waals surface area (Å²) in [5.74, 6) is -1.74. The summed E-state index contributed by atoms with van der Waals surface area (Å²) in [5.41, 5.74) is -0.118. The van der Waals surface area contributed by atoms with E-state index < -0.39 is 22.9 Å². The molecule has 0 bridgehead atoms. The number of anilines is 4. The zero-order valence-electron chi connectivity index (χ0n) is 12.3. The number of rotatable bonds is 1. The molecule has 1 aromatic heterocycles. The van der Waals surface area contributed by atoms with Crippen molar-refractivity contribution in [1.29, 1.82) is 0 Å². The van der Waals surface area contributed by atoms with Crippen LogP contribution in [0.2, 0.25) is 0 Å². The second-order valence-corrected chi connectivity index (χ2v) is 5.06. The molecule has 1 aliphatic heterocycles. The van der Waals surface area contributed by atoms with Crippen molar-refractivity contribution in [3.05, 3.63) is 44.6 Å². The van der Waals surface area contributed by atoms with Crippen LogP contribution in [-0.4, -0.2) is 15.7 Å². The predicted molar refractivity (Wildman–Crippen MR) is 79.2 cm³/mol. The number of benzene rings is 1. The van der Waals surface area contributed by atoms with Crippen molar-refractivity contribution in [2.45, 2.75) is 6.92 Å². The first kappa shape index (κ1) is 14.3. The normalized spacial score (nSPS) is 12.7. The molecular formula is C14H14F2N4O2. The van der Waals surface area contributed by atoms with Crippen molar-refractivity contribution in [3.8, 4) is 0 Å². The first-order valence-electron chi connectivity index (χ1n) is 6.70. The van der Waals surface area contributed by atoms with E-state index in [9.17, 15) is 18.4 Å². The zero-order chi connectivity index (χ0) is 16.2. The third-order valence-electron chi connectivity index (χ3n) is 3.81. The Balaban J connectivity index is 2.38. The molecule has 0 unspecified atom stereocenters. The van der Waals surface area contributed by atoms with Gasteiger partial charge in [0.2, 0.25) is 0 Å². The minimum atomic E-state index is -1.00. The average molecular weight is 308 g/mol. The minimum Gasteiger partial charge on any atom is -0.338 e. The Morgan fingerprint density at radius 1 is 1.09 bits per heavy atom. The zero-order valence-corrected chi connectivity index (χ0v) is 12.3. The van der Waals surface area contributed by atoms with Gasteiger partial charge in [0.1, 0.15) is 11.5 Å². The molecule has 6 nitrogen and oxygen atoms in total. The molecule has 0 spiro atoms. The molecular weight excluding hydrogens is 294 g/mol. The van der Waals surface area contributed by atoms with Gasteiger partial charge in [-0.25, -0.2) is 13.6 Å². The summed E-state index contributed by atoms with van der Waals surface area (Å²) in [4.78, 5) is 26.0. The summed E-state index contributed by atoms with van der Waals surface area (Å²) >= 11 is 0. The molecule has 0 atom stereocenters. The molecule has 1 N–H and O–H groups in total. The third-order valence-corrected chi connectivity index (χ3v) is 3.81. The molecule has 0 fully saturated rings. The summed E-state index contributed by atoms with van der Waals surface area (Å²) in [6.07, 6.45) is 0. The SMILES string of the molecule is CCN1c2cc(F)c(F)cc2Nc2c1c(=O)n(C)c(=O)n2C. The van der Waals surface area contributed by atoms with Crippen molar-refractivity contribution in [2.75, 3.05) is 16.8 Å². The van der Waals surface area contributed by atoms with Crippen LogP contribution in [0.1, 0.15) is 6.92 Å². The van der Waals surface area contributed by atoms with Gasteiger partial charge in [-0.05, 0) is 6.92 Å². The van der Waals surface area contributed by atoms with Gasteiger partial charge in [0.15, 0.2) is 11.6 Å². The fourth-order valence-corrected chi connectivity index (χ4v) is 2.65. The fraction of sp³-hybridized carbons (Fsp3) is 0.286. The molecule has 2 aromatic rings. The predicted octanol–water partition coefficient (Wildman–Crippen LogP) is 1.58. The molecule has 0 amide bonds. The van der Waals surface area contributed by atoms with Crippen molar-refractivity contribution in [2.24, 2.45) is 14.1 Å². The average Bonchev–Trinajstić information content (AvgIpc) is 2.50. The Bertz CT molecular complexity index is 901. The molecule has 3 rings (SSSR count). The van der Waals surface area contributed by atoms with Crippen molar-refractivity contribution >= 4 is 22.9 Å².